The molecule has 0 bridgehead atoms. The number of amides is 2. The van der Waals surface area contributed by atoms with E-state index in [1.165, 1.54) is 0 Å². The topological polar surface area (TPSA) is 78.4 Å². The average Bonchev–Trinajstić information content (AvgIpc) is 2.08. The van der Waals surface area contributed by atoms with Crippen molar-refractivity contribution in [1.82, 2.24) is 10.6 Å². The summed E-state index contributed by atoms with van der Waals surface area (Å²) in [6.07, 6.45) is 4.94. The smallest absolute Gasteiger partial charge is 0.326 e. The van der Waals surface area contributed by atoms with E-state index in [1.54, 1.807) is 20.8 Å². The van der Waals surface area contributed by atoms with E-state index in [4.69, 9.17) is 11.5 Å². The van der Waals surface area contributed by atoms with Gasteiger partial charge in [0.1, 0.15) is 6.04 Å². The summed E-state index contributed by atoms with van der Waals surface area (Å²) in [5, 5.41) is 13.6. The van der Waals surface area contributed by atoms with Gasteiger partial charge in [0.2, 0.25) is 0 Å². The van der Waals surface area contributed by atoms with Crippen LogP contribution in [0.2, 0.25) is 0 Å². The Morgan fingerprint density at radius 1 is 1.47 bits per heavy atom. The number of carboxylic acids is 1. The lowest BCUT2D eigenvalue weighted by Gasteiger charge is -2.27. The van der Waals surface area contributed by atoms with Crippen molar-refractivity contribution in [1.29, 1.82) is 0 Å². The lowest BCUT2D eigenvalue weighted by Crippen LogP contribution is -2.52. The molecule has 0 unspecified atom stereocenters. The molecular formula is C10H16N2O3. The fraction of sp³-hybridized carbons (Fsp3) is 0.600. The van der Waals surface area contributed by atoms with Crippen molar-refractivity contribution in [2.75, 3.05) is 6.54 Å². The molecule has 1 atom stereocenters. The van der Waals surface area contributed by atoms with Crippen molar-refractivity contribution < 1.29 is 14.7 Å². The zero-order valence-electron chi connectivity index (χ0n) is 9.13. The predicted molar refractivity (Wildman–Crippen MR) is 56.2 cm³/mol. The van der Waals surface area contributed by atoms with Crippen LogP contribution < -0.4 is 10.6 Å². The molecule has 15 heavy (non-hydrogen) atoms. The van der Waals surface area contributed by atoms with E-state index in [0.29, 0.717) is 0 Å². The van der Waals surface area contributed by atoms with Gasteiger partial charge in [0.05, 0.1) is 6.54 Å². The highest BCUT2D eigenvalue weighted by Gasteiger charge is 2.32. The Kier molecular flexibility index (Phi) is 4.65. The number of hydrogen-bond donors (Lipinski definition) is 3. The Balaban J connectivity index is 4.39. The average molecular weight is 212 g/mol. The lowest BCUT2D eigenvalue weighted by molar-refractivity contribution is -0.141. The maximum atomic E-state index is 11.2. The molecule has 0 saturated carbocycles. The molecule has 0 aromatic rings. The van der Waals surface area contributed by atoms with Gasteiger partial charge in [0.25, 0.3) is 0 Å². The molecule has 0 saturated heterocycles. The molecule has 5 heteroatoms. The molecule has 3 N–H and O–H groups in total. The SMILES string of the molecule is C#CCNC(=O)N[C@H](C(=O)O)C(C)(C)C. The molecule has 0 spiro atoms. The number of carbonyl (C=O) groups is 2. The Morgan fingerprint density at radius 2 is 2.00 bits per heavy atom. The summed E-state index contributed by atoms with van der Waals surface area (Å²) in [5.74, 6) is 1.15. The minimum Gasteiger partial charge on any atom is -0.480 e. The van der Waals surface area contributed by atoms with Gasteiger partial charge in [-0.25, -0.2) is 9.59 Å². The standard InChI is InChI=1S/C10H16N2O3/c1-5-6-11-9(15)12-7(8(13)14)10(2,3)4/h1,7H,6H2,2-4H3,(H,13,14)(H2,11,12,15)/t7-/m1/s1. The first-order valence-corrected chi connectivity index (χ1v) is 4.49. The second-order valence-electron chi connectivity index (χ2n) is 4.17. The van der Waals surface area contributed by atoms with Crippen LogP contribution in [0.15, 0.2) is 0 Å². The Hall–Kier alpha value is -1.70. The molecule has 0 heterocycles. The van der Waals surface area contributed by atoms with Gasteiger partial charge in [0.15, 0.2) is 0 Å². The number of aliphatic carboxylic acids is 1. The van der Waals surface area contributed by atoms with E-state index < -0.39 is 23.5 Å². The van der Waals surface area contributed by atoms with Crippen LogP contribution in [-0.4, -0.2) is 29.7 Å². The number of urea groups is 1. The Bertz CT molecular complexity index is 286. The van der Waals surface area contributed by atoms with Crippen LogP contribution in [0, 0.1) is 17.8 Å². The number of carbonyl (C=O) groups excluding carboxylic acids is 1. The lowest BCUT2D eigenvalue weighted by atomic mass is 9.87. The van der Waals surface area contributed by atoms with E-state index in [2.05, 4.69) is 16.6 Å². The molecule has 0 aromatic carbocycles. The summed E-state index contributed by atoms with van der Waals surface area (Å²) in [7, 11) is 0. The van der Waals surface area contributed by atoms with Crippen LogP contribution in [0.5, 0.6) is 0 Å². The fourth-order valence-electron chi connectivity index (χ4n) is 0.962. The van der Waals surface area contributed by atoms with Crippen molar-refractivity contribution in [3.05, 3.63) is 0 Å². The highest BCUT2D eigenvalue weighted by atomic mass is 16.4. The molecule has 0 radical (unpaired) electrons. The summed E-state index contributed by atoms with van der Waals surface area (Å²) < 4.78 is 0. The quantitative estimate of drug-likeness (QED) is 0.593. The van der Waals surface area contributed by atoms with Crippen molar-refractivity contribution in [3.8, 4) is 12.3 Å². The Labute approximate surface area is 89.2 Å². The van der Waals surface area contributed by atoms with Crippen LogP contribution in [-0.2, 0) is 4.79 Å². The maximum absolute atomic E-state index is 11.2. The number of nitrogens with one attached hydrogen (secondary N) is 2. The zero-order valence-corrected chi connectivity index (χ0v) is 9.13. The monoisotopic (exact) mass is 212 g/mol. The van der Waals surface area contributed by atoms with E-state index in [1.807, 2.05) is 0 Å². The van der Waals surface area contributed by atoms with Crippen molar-refractivity contribution >= 4 is 12.0 Å². The first-order valence-electron chi connectivity index (χ1n) is 4.49. The summed E-state index contributed by atoms with van der Waals surface area (Å²) in [5.41, 5.74) is -0.556. The number of rotatable bonds is 3. The first-order chi connectivity index (χ1) is 6.79. The van der Waals surface area contributed by atoms with E-state index in [9.17, 15) is 9.59 Å². The Morgan fingerprint density at radius 3 is 2.33 bits per heavy atom. The van der Waals surface area contributed by atoms with E-state index >= 15 is 0 Å². The van der Waals surface area contributed by atoms with Crippen molar-refractivity contribution in [2.45, 2.75) is 26.8 Å². The van der Waals surface area contributed by atoms with Gasteiger partial charge in [-0.1, -0.05) is 26.7 Å². The predicted octanol–water partition coefficient (Wildman–Crippen LogP) is 0.418. The second-order valence-corrected chi connectivity index (χ2v) is 4.17. The van der Waals surface area contributed by atoms with E-state index in [-0.39, 0.29) is 6.54 Å². The summed E-state index contributed by atoms with van der Waals surface area (Å²) in [6.45, 7) is 5.26. The van der Waals surface area contributed by atoms with Crippen LogP contribution in [0.25, 0.3) is 0 Å². The van der Waals surface area contributed by atoms with Gasteiger partial charge in [-0.15, -0.1) is 6.42 Å². The first kappa shape index (κ1) is 13.3. The molecule has 5 nitrogen and oxygen atoms in total. The minimum atomic E-state index is -1.07. The van der Waals surface area contributed by atoms with E-state index in [0.717, 1.165) is 0 Å². The molecule has 84 valence electrons. The van der Waals surface area contributed by atoms with Gasteiger partial charge in [-0.2, -0.15) is 0 Å². The van der Waals surface area contributed by atoms with Gasteiger partial charge in [-0.05, 0) is 5.41 Å². The van der Waals surface area contributed by atoms with Gasteiger partial charge >= 0.3 is 12.0 Å². The molecule has 0 aromatic heterocycles. The largest absolute Gasteiger partial charge is 0.480 e. The highest BCUT2D eigenvalue weighted by Crippen LogP contribution is 2.19. The second kappa shape index (κ2) is 5.25. The van der Waals surface area contributed by atoms with Crippen LogP contribution in [0.4, 0.5) is 4.79 Å². The van der Waals surface area contributed by atoms with Crippen LogP contribution in [0.3, 0.4) is 0 Å². The summed E-state index contributed by atoms with van der Waals surface area (Å²) in [6, 6.07) is -1.52. The van der Waals surface area contributed by atoms with Crippen LogP contribution in [0.1, 0.15) is 20.8 Å². The molecule has 0 aliphatic carbocycles. The third-order valence-corrected chi connectivity index (χ3v) is 1.74. The maximum Gasteiger partial charge on any atom is 0.326 e. The number of hydrogen-bond acceptors (Lipinski definition) is 2. The van der Waals surface area contributed by atoms with Gasteiger partial charge < -0.3 is 15.7 Å². The van der Waals surface area contributed by atoms with Gasteiger partial charge in [0, 0.05) is 0 Å². The summed E-state index contributed by atoms with van der Waals surface area (Å²) in [4.78, 5) is 22.1. The zero-order chi connectivity index (χ0) is 12.1. The number of terminal acetylenes is 1. The molecule has 0 aliphatic rings. The highest BCUT2D eigenvalue weighted by molar-refractivity contribution is 5.83. The third kappa shape index (κ3) is 4.91. The molecule has 0 aliphatic heterocycles. The third-order valence-electron chi connectivity index (χ3n) is 1.74. The normalized spacial score (nSPS) is 12.4. The summed E-state index contributed by atoms with van der Waals surface area (Å²) >= 11 is 0. The van der Waals surface area contributed by atoms with Gasteiger partial charge in [-0.3, -0.25) is 0 Å². The van der Waals surface area contributed by atoms with Crippen molar-refractivity contribution in [2.24, 2.45) is 5.41 Å². The molecule has 0 rings (SSSR count). The number of carboxylic acid groups (broad SMARTS) is 1. The molecule has 0 fully saturated rings. The molecular weight excluding hydrogens is 196 g/mol. The minimum absolute atomic E-state index is 0.0717. The fourth-order valence-corrected chi connectivity index (χ4v) is 0.962. The molecule has 2 amide bonds. The van der Waals surface area contributed by atoms with Crippen LogP contribution >= 0.6 is 0 Å². The van der Waals surface area contributed by atoms with Crippen molar-refractivity contribution in [3.63, 3.8) is 0 Å².